The molecule has 0 spiro atoms. The highest BCUT2D eigenvalue weighted by Crippen LogP contribution is 2.18. The molecule has 8 heteroatoms. The summed E-state index contributed by atoms with van der Waals surface area (Å²) in [4.78, 5) is 44.8. The molecule has 2 aromatic heterocycles. The van der Waals surface area contributed by atoms with Gasteiger partial charge >= 0.3 is 0 Å². The Kier molecular flexibility index (Phi) is 4.13. The molecule has 3 rings (SSSR count). The van der Waals surface area contributed by atoms with Crippen molar-refractivity contribution in [2.75, 3.05) is 0 Å². The fourth-order valence-electron chi connectivity index (χ4n) is 2.92. The maximum Gasteiger partial charge on any atom is 0.266 e. The lowest BCUT2D eigenvalue weighted by Crippen LogP contribution is -2.27. The standard InChI is InChI=1S/C16H21N5O3/c1-9(2)6-21-15(23)5-11(19-21)4-14(22)20-7-12-13(8-20)17-10(3)18-16(12)24/h5,9,19H,4,6-8H2,1-3H3,(H,17,18,24). The molecule has 128 valence electrons. The van der Waals surface area contributed by atoms with E-state index in [9.17, 15) is 14.4 Å². The molecule has 0 fully saturated rings. The van der Waals surface area contributed by atoms with Crippen LogP contribution in [0.25, 0.3) is 0 Å². The highest BCUT2D eigenvalue weighted by Gasteiger charge is 2.27. The number of carbonyl (C=O) groups is 1. The van der Waals surface area contributed by atoms with Crippen molar-refractivity contribution >= 4 is 5.91 Å². The van der Waals surface area contributed by atoms with Crippen molar-refractivity contribution in [3.05, 3.63) is 49.5 Å². The van der Waals surface area contributed by atoms with Crippen molar-refractivity contribution in [2.24, 2.45) is 5.92 Å². The lowest BCUT2D eigenvalue weighted by Gasteiger charge is -2.14. The summed E-state index contributed by atoms with van der Waals surface area (Å²) in [7, 11) is 0. The summed E-state index contributed by atoms with van der Waals surface area (Å²) in [5.74, 6) is 0.741. The minimum atomic E-state index is -0.190. The SMILES string of the molecule is Cc1nc2c(c(=O)[nH]1)CN(C(=O)Cc1cc(=O)n(CC(C)C)[nH]1)C2. The van der Waals surface area contributed by atoms with Crippen LogP contribution >= 0.6 is 0 Å². The number of aromatic nitrogens is 4. The van der Waals surface area contributed by atoms with Crippen LogP contribution in [0.5, 0.6) is 0 Å². The largest absolute Gasteiger partial charge is 0.332 e. The molecule has 0 radical (unpaired) electrons. The number of aryl methyl sites for hydroxylation is 1. The molecule has 0 aromatic carbocycles. The van der Waals surface area contributed by atoms with Gasteiger partial charge < -0.3 is 9.88 Å². The third kappa shape index (κ3) is 3.17. The second-order valence-corrected chi connectivity index (χ2v) is 6.63. The zero-order valence-electron chi connectivity index (χ0n) is 14.0. The van der Waals surface area contributed by atoms with Crippen LogP contribution in [0.2, 0.25) is 0 Å². The van der Waals surface area contributed by atoms with Crippen LogP contribution in [0.4, 0.5) is 0 Å². The van der Waals surface area contributed by atoms with Crippen molar-refractivity contribution in [1.82, 2.24) is 24.6 Å². The molecule has 8 nitrogen and oxygen atoms in total. The molecule has 0 unspecified atom stereocenters. The minimum Gasteiger partial charge on any atom is -0.332 e. The van der Waals surface area contributed by atoms with Crippen LogP contribution < -0.4 is 11.1 Å². The van der Waals surface area contributed by atoms with E-state index in [4.69, 9.17) is 0 Å². The van der Waals surface area contributed by atoms with Gasteiger partial charge in [0, 0.05) is 18.3 Å². The van der Waals surface area contributed by atoms with Crippen LogP contribution in [0, 0.1) is 12.8 Å². The van der Waals surface area contributed by atoms with Gasteiger partial charge in [-0.2, -0.15) is 0 Å². The molecule has 0 bridgehead atoms. The van der Waals surface area contributed by atoms with Crippen molar-refractivity contribution in [3.63, 3.8) is 0 Å². The fraction of sp³-hybridized carbons (Fsp3) is 0.500. The van der Waals surface area contributed by atoms with Crippen LogP contribution in [0.3, 0.4) is 0 Å². The van der Waals surface area contributed by atoms with Gasteiger partial charge in [0.1, 0.15) is 5.82 Å². The molecule has 2 N–H and O–H groups in total. The first kappa shape index (κ1) is 16.2. The van der Waals surface area contributed by atoms with Gasteiger partial charge in [0.05, 0.1) is 30.8 Å². The predicted molar refractivity (Wildman–Crippen MR) is 87.4 cm³/mol. The van der Waals surface area contributed by atoms with Gasteiger partial charge in [-0.3, -0.25) is 24.2 Å². The van der Waals surface area contributed by atoms with Crippen molar-refractivity contribution in [1.29, 1.82) is 0 Å². The van der Waals surface area contributed by atoms with Gasteiger partial charge in [0.2, 0.25) is 5.91 Å². The van der Waals surface area contributed by atoms with Crippen molar-refractivity contribution < 1.29 is 4.79 Å². The Bertz CT molecular complexity index is 890. The first-order chi connectivity index (χ1) is 11.3. The quantitative estimate of drug-likeness (QED) is 0.841. The van der Waals surface area contributed by atoms with E-state index in [1.807, 2.05) is 13.8 Å². The molecule has 24 heavy (non-hydrogen) atoms. The van der Waals surface area contributed by atoms with E-state index in [1.54, 1.807) is 11.8 Å². The number of fused-ring (bicyclic) bond motifs is 1. The van der Waals surface area contributed by atoms with Crippen LogP contribution in [-0.2, 0) is 30.8 Å². The summed E-state index contributed by atoms with van der Waals surface area (Å²) in [5, 5.41) is 2.98. The Morgan fingerprint density at radius 2 is 2.08 bits per heavy atom. The number of H-pyrrole nitrogens is 2. The number of nitrogens with one attached hydrogen (secondary N) is 2. The highest BCUT2D eigenvalue weighted by atomic mass is 16.2. The lowest BCUT2D eigenvalue weighted by atomic mass is 10.2. The van der Waals surface area contributed by atoms with Gasteiger partial charge in [-0.05, 0) is 12.8 Å². The Hall–Kier alpha value is -2.64. The number of rotatable bonds is 4. The summed E-state index contributed by atoms with van der Waals surface area (Å²) in [6, 6.07) is 1.46. The van der Waals surface area contributed by atoms with Gasteiger partial charge in [-0.25, -0.2) is 4.98 Å². The maximum absolute atomic E-state index is 12.5. The number of amides is 1. The van der Waals surface area contributed by atoms with E-state index in [0.29, 0.717) is 41.8 Å². The highest BCUT2D eigenvalue weighted by molar-refractivity contribution is 5.78. The van der Waals surface area contributed by atoms with Gasteiger partial charge in [-0.1, -0.05) is 13.8 Å². The first-order valence-corrected chi connectivity index (χ1v) is 7.98. The molecule has 0 saturated carbocycles. The second kappa shape index (κ2) is 6.10. The lowest BCUT2D eigenvalue weighted by molar-refractivity contribution is -0.131. The van der Waals surface area contributed by atoms with E-state index in [2.05, 4.69) is 15.1 Å². The molecule has 0 saturated heterocycles. The molecule has 1 amide bonds. The third-order valence-electron chi connectivity index (χ3n) is 3.99. The minimum absolute atomic E-state index is 0.102. The zero-order valence-corrected chi connectivity index (χ0v) is 14.0. The molecular weight excluding hydrogens is 310 g/mol. The second-order valence-electron chi connectivity index (χ2n) is 6.63. The average molecular weight is 331 g/mol. The van der Waals surface area contributed by atoms with Gasteiger partial charge in [0.15, 0.2) is 0 Å². The molecular formula is C16H21N5O3. The molecule has 0 atom stereocenters. The number of carbonyl (C=O) groups excluding carboxylic acids is 1. The first-order valence-electron chi connectivity index (χ1n) is 7.98. The number of hydrogen-bond donors (Lipinski definition) is 2. The van der Waals surface area contributed by atoms with Gasteiger partial charge in [-0.15, -0.1) is 0 Å². The van der Waals surface area contributed by atoms with Crippen LogP contribution in [0.15, 0.2) is 15.7 Å². The zero-order chi connectivity index (χ0) is 17.4. The van der Waals surface area contributed by atoms with Crippen LogP contribution in [-0.4, -0.2) is 30.6 Å². The van der Waals surface area contributed by atoms with Crippen LogP contribution in [0.1, 0.15) is 36.6 Å². The maximum atomic E-state index is 12.5. The molecule has 0 aliphatic carbocycles. The van der Waals surface area contributed by atoms with E-state index in [0.717, 1.165) is 0 Å². The van der Waals surface area contributed by atoms with E-state index in [-0.39, 0.29) is 30.0 Å². The predicted octanol–water partition coefficient (Wildman–Crippen LogP) is 0.309. The Morgan fingerprint density at radius 1 is 1.33 bits per heavy atom. The molecule has 3 heterocycles. The number of nitrogens with zero attached hydrogens (tertiary/aromatic N) is 3. The number of aromatic amines is 2. The Labute approximate surface area is 138 Å². The summed E-state index contributed by atoms with van der Waals surface area (Å²) in [5.41, 5.74) is 1.45. The van der Waals surface area contributed by atoms with E-state index < -0.39 is 0 Å². The molecule has 2 aromatic rings. The Balaban J connectivity index is 1.72. The molecule has 1 aliphatic heterocycles. The molecule has 1 aliphatic rings. The smallest absolute Gasteiger partial charge is 0.266 e. The van der Waals surface area contributed by atoms with Crippen molar-refractivity contribution in [3.8, 4) is 0 Å². The number of hydrogen-bond acceptors (Lipinski definition) is 4. The van der Waals surface area contributed by atoms with Gasteiger partial charge in [0.25, 0.3) is 11.1 Å². The fourth-order valence-corrected chi connectivity index (χ4v) is 2.92. The monoisotopic (exact) mass is 331 g/mol. The summed E-state index contributed by atoms with van der Waals surface area (Å²) >= 11 is 0. The van der Waals surface area contributed by atoms with E-state index in [1.165, 1.54) is 10.7 Å². The van der Waals surface area contributed by atoms with E-state index >= 15 is 0 Å². The normalized spacial score (nSPS) is 13.6. The topological polar surface area (TPSA) is 104 Å². The average Bonchev–Trinajstić information content (AvgIpc) is 3.03. The summed E-state index contributed by atoms with van der Waals surface area (Å²) < 4.78 is 1.52. The summed E-state index contributed by atoms with van der Waals surface area (Å²) in [6.07, 6.45) is 0.102. The summed E-state index contributed by atoms with van der Waals surface area (Å²) in [6.45, 7) is 6.93. The van der Waals surface area contributed by atoms with Crippen molar-refractivity contribution in [2.45, 2.75) is 46.8 Å². The Morgan fingerprint density at radius 3 is 2.79 bits per heavy atom. The third-order valence-corrected chi connectivity index (χ3v) is 3.99.